The second-order valence-corrected chi connectivity index (χ2v) is 7.15. The molecule has 1 aromatic carbocycles. The summed E-state index contributed by atoms with van der Waals surface area (Å²) in [5, 5.41) is 0. The summed E-state index contributed by atoms with van der Waals surface area (Å²) < 4.78 is 10.9. The van der Waals surface area contributed by atoms with Crippen molar-refractivity contribution in [3.05, 3.63) is 28.8 Å². The molecule has 0 fully saturated rings. The van der Waals surface area contributed by atoms with Crippen molar-refractivity contribution in [2.45, 2.75) is 78.1 Å². The summed E-state index contributed by atoms with van der Waals surface area (Å²) in [6.45, 7) is 13.5. The van der Waals surface area contributed by atoms with Crippen molar-refractivity contribution in [3.63, 3.8) is 0 Å². The summed E-state index contributed by atoms with van der Waals surface area (Å²) >= 11 is 0. The lowest BCUT2D eigenvalue weighted by atomic mass is 9.71. The van der Waals surface area contributed by atoms with E-state index in [9.17, 15) is 4.79 Å². The van der Waals surface area contributed by atoms with Gasteiger partial charge in [-0.15, -0.1) is 0 Å². The zero-order valence-electron chi connectivity index (χ0n) is 16.5. The molecule has 0 N–H and O–H groups in total. The van der Waals surface area contributed by atoms with Gasteiger partial charge in [0, 0.05) is 12.7 Å². The van der Waals surface area contributed by atoms with E-state index in [1.165, 1.54) is 5.56 Å². The maximum atomic E-state index is 11.8. The summed E-state index contributed by atoms with van der Waals surface area (Å²) in [6, 6.07) is 4.26. The zero-order valence-corrected chi connectivity index (χ0v) is 16.5. The minimum absolute atomic E-state index is 0.0285. The van der Waals surface area contributed by atoms with E-state index in [0.29, 0.717) is 11.3 Å². The van der Waals surface area contributed by atoms with Gasteiger partial charge >= 0.3 is 0 Å². The summed E-state index contributed by atoms with van der Waals surface area (Å²) in [7, 11) is 1.60. The molecule has 3 nitrogen and oxygen atoms in total. The van der Waals surface area contributed by atoms with Crippen LogP contribution in [0.3, 0.4) is 0 Å². The van der Waals surface area contributed by atoms with Crippen LogP contribution in [-0.2, 0) is 15.6 Å². The number of methoxy groups -OCH3 is 1. The van der Waals surface area contributed by atoms with E-state index in [-0.39, 0.29) is 17.6 Å². The molecular weight excluding hydrogens is 300 g/mol. The smallest absolute Gasteiger partial charge is 0.188 e. The predicted octanol–water partition coefficient (Wildman–Crippen LogP) is 5.64. The Hall–Kier alpha value is -1.35. The van der Waals surface area contributed by atoms with Crippen molar-refractivity contribution in [2.24, 2.45) is 0 Å². The van der Waals surface area contributed by atoms with Crippen molar-refractivity contribution in [1.29, 1.82) is 0 Å². The highest BCUT2D eigenvalue weighted by atomic mass is 16.7. The molecule has 0 saturated carbocycles. The van der Waals surface area contributed by atoms with Crippen LogP contribution < -0.4 is 4.74 Å². The zero-order chi connectivity index (χ0) is 18.4. The van der Waals surface area contributed by atoms with Crippen molar-refractivity contribution in [2.75, 3.05) is 13.9 Å². The molecule has 0 bridgehead atoms. The van der Waals surface area contributed by atoms with Gasteiger partial charge in [-0.2, -0.15) is 0 Å². The highest BCUT2D eigenvalue weighted by Crippen LogP contribution is 2.43. The first-order chi connectivity index (χ1) is 11.4. The molecule has 0 saturated heterocycles. The summed E-state index contributed by atoms with van der Waals surface area (Å²) in [4.78, 5) is 11.8. The lowest BCUT2D eigenvalue weighted by molar-refractivity contribution is 0.0488. The van der Waals surface area contributed by atoms with Crippen molar-refractivity contribution >= 4 is 6.29 Å². The monoisotopic (exact) mass is 334 g/mol. The molecule has 24 heavy (non-hydrogen) atoms. The number of rotatable bonds is 10. The Balaban J connectivity index is 3.68. The Morgan fingerprint density at radius 1 is 0.958 bits per heavy atom. The number of ether oxygens (including phenoxy) is 2. The molecule has 1 aromatic rings. The molecule has 0 aromatic heterocycles. The van der Waals surface area contributed by atoms with Crippen molar-refractivity contribution in [1.82, 2.24) is 0 Å². The molecule has 0 spiro atoms. The van der Waals surface area contributed by atoms with Gasteiger partial charge in [0.25, 0.3) is 0 Å². The Labute approximate surface area is 147 Å². The molecule has 0 amide bonds. The van der Waals surface area contributed by atoms with E-state index in [1.807, 2.05) is 6.07 Å². The van der Waals surface area contributed by atoms with Crippen LogP contribution in [0.4, 0.5) is 0 Å². The fourth-order valence-electron chi connectivity index (χ4n) is 3.10. The molecule has 3 heteroatoms. The number of hydrogen-bond acceptors (Lipinski definition) is 3. The van der Waals surface area contributed by atoms with Gasteiger partial charge < -0.3 is 9.47 Å². The van der Waals surface area contributed by atoms with Gasteiger partial charge in [0.1, 0.15) is 5.75 Å². The SMILES string of the molecule is CCC(C)(CC)c1cc(C=O)c(OCOC)c(C(C)(CC)CC)c1. The van der Waals surface area contributed by atoms with E-state index in [2.05, 4.69) is 47.6 Å². The first kappa shape index (κ1) is 20.7. The third kappa shape index (κ3) is 4.00. The van der Waals surface area contributed by atoms with E-state index in [1.54, 1.807) is 7.11 Å². The lowest BCUT2D eigenvalue weighted by Crippen LogP contribution is -2.25. The van der Waals surface area contributed by atoms with Gasteiger partial charge in [0.2, 0.25) is 0 Å². The van der Waals surface area contributed by atoms with Gasteiger partial charge in [-0.25, -0.2) is 0 Å². The van der Waals surface area contributed by atoms with Gasteiger partial charge in [-0.3, -0.25) is 4.79 Å². The molecule has 0 aliphatic rings. The molecule has 0 unspecified atom stereocenters. The Morgan fingerprint density at radius 2 is 1.50 bits per heavy atom. The molecule has 0 radical (unpaired) electrons. The molecule has 0 aliphatic heterocycles. The first-order valence-electron chi connectivity index (χ1n) is 9.11. The minimum atomic E-state index is -0.0285. The first-order valence-corrected chi connectivity index (χ1v) is 9.11. The van der Waals surface area contributed by atoms with Crippen LogP contribution >= 0.6 is 0 Å². The van der Waals surface area contributed by atoms with Gasteiger partial charge in [-0.05, 0) is 48.1 Å². The molecule has 0 heterocycles. The topological polar surface area (TPSA) is 35.5 Å². The van der Waals surface area contributed by atoms with Gasteiger partial charge in [-0.1, -0.05) is 47.6 Å². The highest BCUT2D eigenvalue weighted by molar-refractivity contribution is 5.81. The molecule has 136 valence electrons. The number of carbonyl (C=O) groups excluding carboxylic acids is 1. The fraction of sp³-hybridized carbons (Fsp3) is 0.667. The number of benzene rings is 1. The average Bonchev–Trinajstić information content (AvgIpc) is 2.64. The van der Waals surface area contributed by atoms with E-state index in [0.717, 1.165) is 37.5 Å². The molecule has 0 atom stereocenters. The van der Waals surface area contributed by atoms with Crippen LogP contribution in [0.5, 0.6) is 5.75 Å². The van der Waals surface area contributed by atoms with Crippen LogP contribution in [0.25, 0.3) is 0 Å². The normalized spacial score (nSPS) is 12.3. The van der Waals surface area contributed by atoms with Crippen LogP contribution in [0.1, 0.15) is 88.7 Å². The second kappa shape index (κ2) is 8.66. The summed E-state index contributed by atoms with van der Waals surface area (Å²) in [6.07, 6.45) is 4.96. The number of aldehydes is 1. The molecule has 0 aliphatic carbocycles. The number of hydrogen-bond donors (Lipinski definition) is 0. The summed E-state index contributed by atoms with van der Waals surface area (Å²) in [5.74, 6) is 0.677. The Bertz CT molecular complexity index is 540. The van der Waals surface area contributed by atoms with Crippen LogP contribution in [0, 0.1) is 0 Å². The fourth-order valence-corrected chi connectivity index (χ4v) is 3.10. The quantitative estimate of drug-likeness (QED) is 0.410. The lowest BCUT2D eigenvalue weighted by Gasteiger charge is -2.34. The third-order valence-corrected chi connectivity index (χ3v) is 6.03. The Kier molecular flexibility index (Phi) is 7.47. The van der Waals surface area contributed by atoms with Crippen LogP contribution in [0.2, 0.25) is 0 Å². The minimum Gasteiger partial charge on any atom is -0.467 e. The average molecular weight is 335 g/mol. The van der Waals surface area contributed by atoms with Gasteiger partial charge in [0.05, 0.1) is 5.56 Å². The van der Waals surface area contributed by atoms with Crippen molar-refractivity contribution < 1.29 is 14.3 Å². The Morgan fingerprint density at radius 3 is 1.92 bits per heavy atom. The standard InChI is InChI=1S/C21H34O3/c1-8-20(5,9-2)17-12-16(14-22)19(24-15-23-7)18(13-17)21(6,10-3)11-4/h12-14H,8-11,15H2,1-7H3. The van der Waals surface area contributed by atoms with E-state index < -0.39 is 0 Å². The molecule has 1 rings (SSSR count). The van der Waals surface area contributed by atoms with Crippen LogP contribution in [0.15, 0.2) is 12.1 Å². The number of carbonyl (C=O) groups is 1. The second-order valence-electron chi connectivity index (χ2n) is 7.15. The van der Waals surface area contributed by atoms with Gasteiger partial charge in [0.15, 0.2) is 13.1 Å². The molecular formula is C21H34O3. The third-order valence-electron chi connectivity index (χ3n) is 6.03. The highest BCUT2D eigenvalue weighted by Gasteiger charge is 2.32. The largest absolute Gasteiger partial charge is 0.467 e. The van der Waals surface area contributed by atoms with Crippen molar-refractivity contribution in [3.8, 4) is 5.75 Å². The maximum absolute atomic E-state index is 11.8. The van der Waals surface area contributed by atoms with E-state index >= 15 is 0 Å². The maximum Gasteiger partial charge on any atom is 0.188 e. The van der Waals surface area contributed by atoms with E-state index in [4.69, 9.17) is 9.47 Å². The summed E-state index contributed by atoms with van der Waals surface area (Å²) in [5.41, 5.74) is 3.01. The predicted molar refractivity (Wildman–Crippen MR) is 100 cm³/mol. The van der Waals surface area contributed by atoms with Crippen LogP contribution in [-0.4, -0.2) is 20.2 Å².